The molecule has 1 aromatic heterocycles. The van der Waals surface area contributed by atoms with E-state index in [2.05, 4.69) is 10.4 Å². The lowest BCUT2D eigenvalue weighted by Gasteiger charge is -2.27. The monoisotopic (exact) mass is 272 g/mol. The third-order valence-corrected chi connectivity index (χ3v) is 5.04. The second-order valence-electron chi connectivity index (χ2n) is 4.53. The number of nitrogens with one attached hydrogen (secondary N) is 1. The highest BCUT2D eigenvalue weighted by Crippen LogP contribution is 2.20. The van der Waals surface area contributed by atoms with Gasteiger partial charge in [-0.05, 0) is 18.9 Å². The van der Waals surface area contributed by atoms with Crippen molar-refractivity contribution in [3.63, 3.8) is 0 Å². The van der Waals surface area contributed by atoms with Gasteiger partial charge in [0.15, 0.2) is 0 Å². The lowest BCUT2D eigenvalue weighted by Crippen LogP contribution is -2.38. The first-order chi connectivity index (χ1) is 8.30. The molecule has 1 heterocycles. The van der Waals surface area contributed by atoms with Gasteiger partial charge in [0.2, 0.25) is 10.0 Å². The Morgan fingerprint density at radius 2 is 2.00 bits per heavy atom. The molecule has 7 heteroatoms. The van der Waals surface area contributed by atoms with Crippen LogP contribution in [0.2, 0.25) is 0 Å². The molecule has 1 unspecified atom stereocenters. The standard InChI is InChI=1S/C11H20N4O2S/c1-8(2)9(3)15(4)18(16,17)10-5-6-13-11(7-10)14-12/h5-9H,12H2,1-4H3,(H,13,14). The number of sulfonamides is 1. The molecule has 1 aromatic rings. The van der Waals surface area contributed by atoms with E-state index in [-0.39, 0.29) is 16.9 Å². The quantitative estimate of drug-likeness (QED) is 0.617. The van der Waals surface area contributed by atoms with E-state index in [0.29, 0.717) is 5.82 Å². The van der Waals surface area contributed by atoms with Crippen LogP contribution in [0, 0.1) is 5.92 Å². The topological polar surface area (TPSA) is 88.3 Å². The lowest BCUT2D eigenvalue weighted by atomic mass is 10.1. The molecule has 3 N–H and O–H groups in total. The minimum absolute atomic E-state index is 0.0857. The molecule has 1 rings (SSSR count). The van der Waals surface area contributed by atoms with Crippen molar-refractivity contribution in [2.75, 3.05) is 12.5 Å². The van der Waals surface area contributed by atoms with E-state index in [4.69, 9.17) is 5.84 Å². The first-order valence-corrected chi connectivity index (χ1v) is 7.15. The van der Waals surface area contributed by atoms with E-state index in [1.807, 2.05) is 20.8 Å². The summed E-state index contributed by atoms with van der Waals surface area (Å²) in [5.41, 5.74) is 2.34. The molecule has 1 atom stereocenters. The molecule has 0 spiro atoms. The van der Waals surface area contributed by atoms with Crippen LogP contribution in [-0.2, 0) is 10.0 Å². The van der Waals surface area contributed by atoms with Gasteiger partial charge in [-0.15, -0.1) is 0 Å². The fourth-order valence-corrected chi connectivity index (χ4v) is 2.96. The van der Waals surface area contributed by atoms with Crippen LogP contribution < -0.4 is 11.3 Å². The predicted octanol–water partition coefficient (Wildman–Crippen LogP) is 1.03. The third kappa shape index (κ3) is 2.98. The number of hydrazine groups is 1. The van der Waals surface area contributed by atoms with E-state index in [9.17, 15) is 8.42 Å². The molecule has 0 aliphatic rings. The Kier molecular flexibility index (Phi) is 4.66. The molecule has 0 aliphatic carbocycles. The minimum Gasteiger partial charge on any atom is -0.308 e. The maximum Gasteiger partial charge on any atom is 0.243 e. The SMILES string of the molecule is CC(C)C(C)N(C)S(=O)(=O)c1ccnc(NN)c1. The van der Waals surface area contributed by atoms with Crippen molar-refractivity contribution in [2.45, 2.75) is 31.7 Å². The minimum atomic E-state index is -3.52. The normalized spacial score (nSPS) is 13.9. The summed E-state index contributed by atoms with van der Waals surface area (Å²) < 4.78 is 26.1. The molecule has 0 aromatic carbocycles. The molecule has 0 aliphatic heterocycles. The highest BCUT2D eigenvalue weighted by atomic mass is 32.2. The first-order valence-electron chi connectivity index (χ1n) is 5.71. The Labute approximate surface area is 108 Å². The highest BCUT2D eigenvalue weighted by Gasteiger charge is 2.27. The van der Waals surface area contributed by atoms with E-state index in [1.54, 1.807) is 7.05 Å². The number of aromatic nitrogens is 1. The summed E-state index contributed by atoms with van der Waals surface area (Å²) >= 11 is 0. The van der Waals surface area contributed by atoms with Crippen LogP contribution in [0.5, 0.6) is 0 Å². The van der Waals surface area contributed by atoms with Crippen molar-refractivity contribution >= 4 is 15.8 Å². The molecule has 0 bridgehead atoms. The van der Waals surface area contributed by atoms with Crippen LogP contribution >= 0.6 is 0 Å². The molecule has 0 saturated heterocycles. The summed E-state index contributed by atoms with van der Waals surface area (Å²) in [6.07, 6.45) is 1.41. The number of nitrogen functional groups attached to an aromatic ring is 1. The molecular formula is C11H20N4O2S. The predicted molar refractivity (Wildman–Crippen MR) is 71.3 cm³/mol. The van der Waals surface area contributed by atoms with Gasteiger partial charge in [0.05, 0.1) is 4.90 Å². The van der Waals surface area contributed by atoms with Crippen LogP contribution in [-0.4, -0.2) is 30.8 Å². The van der Waals surface area contributed by atoms with Crippen LogP contribution in [0.1, 0.15) is 20.8 Å². The summed E-state index contributed by atoms with van der Waals surface area (Å²) in [6.45, 7) is 5.84. The fourth-order valence-electron chi connectivity index (χ4n) is 1.46. The van der Waals surface area contributed by atoms with Crippen LogP contribution in [0.15, 0.2) is 23.2 Å². The second kappa shape index (κ2) is 5.64. The number of nitrogens with two attached hydrogens (primary N) is 1. The van der Waals surface area contributed by atoms with Gasteiger partial charge in [-0.1, -0.05) is 13.8 Å². The van der Waals surface area contributed by atoms with Gasteiger partial charge >= 0.3 is 0 Å². The van der Waals surface area contributed by atoms with Gasteiger partial charge in [0.25, 0.3) is 0 Å². The van der Waals surface area contributed by atoms with Crippen molar-refractivity contribution < 1.29 is 8.42 Å². The van der Waals surface area contributed by atoms with Gasteiger partial charge in [0.1, 0.15) is 5.82 Å². The molecule has 0 fully saturated rings. The second-order valence-corrected chi connectivity index (χ2v) is 6.52. The average molecular weight is 272 g/mol. The Balaban J connectivity index is 3.13. The Bertz CT molecular complexity index is 502. The van der Waals surface area contributed by atoms with E-state index >= 15 is 0 Å². The van der Waals surface area contributed by atoms with Crippen molar-refractivity contribution in [3.8, 4) is 0 Å². The molecular weight excluding hydrogens is 252 g/mol. The summed E-state index contributed by atoms with van der Waals surface area (Å²) in [7, 11) is -1.94. The Hall–Kier alpha value is -1.18. The van der Waals surface area contributed by atoms with E-state index in [1.165, 1.54) is 22.6 Å². The van der Waals surface area contributed by atoms with Gasteiger partial charge in [0, 0.05) is 25.4 Å². The van der Waals surface area contributed by atoms with Crippen LogP contribution in [0.4, 0.5) is 5.82 Å². The zero-order valence-corrected chi connectivity index (χ0v) is 11.9. The molecule has 0 radical (unpaired) electrons. The molecule has 6 nitrogen and oxygen atoms in total. The number of anilines is 1. The Morgan fingerprint density at radius 3 is 2.50 bits per heavy atom. The van der Waals surface area contributed by atoms with Crippen LogP contribution in [0.3, 0.4) is 0 Å². The summed E-state index contributed by atoms with van der Waals surface area (Å²) in [5, 5.41) is 0. The fraction of sp³-hybridized carbons (Fsp3) is 0.545. The summed E-state index contributed by atoms with van der Waals surface area (Å²) in [6, 6.07) is 2.79. The highest BCUT2D eigenvalue weighted by molar-refractivity contribution is 7.89. The average Bonchev–Trinajstić information content (AvgIpc) is 2.36. The first kappa shape index (κ1) is 14.9. The molecule has 102 valence electrons. The Morgan fingerprint density at radius 1 is 1.39 bits per heavy atom. The van der Waals surface area contributed by atoms with Crippen molar-refractivity contribution in [3.05, 3.63) is 18.3 Å². The molecule has 0 saturated carbocycles. The number of hydrogen-bond acceptors (Lipinski definition) is 5. The molecule has 18 heavy (non-hydrogen) atoms. The largest absolute Gasteiger partial charge is 0.308 e. The zero-order valence-electron chi connectivity index (χ0n) is 11.1. The van der Waals surface area contributed by atoms with Gasteiger partial charge in [-0.2, -0.15) is 4.31 Å². The lowest BCUT2D eigenvalue weighted by molar-refractivity contribution is 0.316. The number of rotatable bonds is 5. The summed E-state index contributed by atoms with van der Waals surface area (Å²) in [4.78, 5) is 4.07. The van der Waals surface area contributed by atoms with Crippen molar-refractivity contribution in [1.29, 1.82) is 0 Å². The van der Waals surface area contributed by atoms with E-state index in [0.717, 1.165) is 0 Å². The van der Waals surface area contributed by atoms with Crippen LogP contribution in [0.25, 0.3) is 0 Å². The zero-order chi connectivity index (χ0) is 13.9. The maximum absolute atomic E-state index is 12.4. The number of pyridine rings is 1. The third-order valence-electron chi connectivity index (χ3n) is 3.09. The van der Waals surface area contributed by atoms with Crippen molar-refractivity contribution in [2.24, 2.45) is 11.8 Å². The van der Waals surface area contributed by atoms with Crippen molar-refractivity contribution in [1.82, 2.24) is 9.29 Å². The van der Waals surface area contributed by atoms with Gasteiger partial charge < -0.3 is 5.43 Å². The smallest absolute Gasteiger partial charge is 0.243 e. The van der Waals surface area contributed by atoms with Gasteiger partial charge in [-0.3, -0.25) is 0 Å². The van der Waals surface area contributed by atoms with E-state index < -0.39 is 10.0 Å². The number of hydrogen-bond donors (Lipinski definition) is 2. The maximum atomic E-state index is 12.4. The number of nitrogens with zero attached hydrogens (tertiary/aromatic N) is 2. The summed E-state index contributed by atoms with van der Waals surface area (Å²) in [5.74, 6) is 5.78. The van der Waals surface area contributed by atoms with Gasteiger partial charge in [-0.25, -0.2) is 19.2 Å². The molecule has 0 amide bonds.